The van der Waals surface area contributed by atoms with E-state index in [9.17, 15) is 14.4 Å². The van der Waals surface area contributed by atoms with E-state index < -0.39 is 0 Å². The van der Waals surface area contributed by atoms with Gasteiger partial charge in [-0.2, -0.15) is 0 Å². The van der Waals surface area contributed by atoms with E-state index in [0.29, 0.717) is 11.1 Å². The first-order valence-electron chi connectivity index (χ1n) is 7.74. The molecule has 2 rings (SSSR count). The van der Waals surface area contributed by atoms with Gasteiger partial charge in [0, 0.05) is 30.1 Å². The number of nitrogens with one attached hydrogen (secondary N) is 1. The number of carbonyl (C=O) groups excluding carboxylic acids is 3. The molecule has 1 amide bonds. The number of ketones is 2. The lowest BCUT2D eigenvalue weighted by Crippen LogP contribution is -2.44. The maximum absolute atomic E-state index is 13.0. The van der Waals surface area contributed by atoms with Gasteiger partial charge in [0.05, 0.1) is 0 Å². The van der Waals surface area contributed by atoms with Gasteiger partial charge < -0.3 is 10.2 Å². The highest BCUT2D eigenvalue weighted by molar-refractivity contribution is 6.27. The fourth-order valence-corrected chi connectivity index (χ4v) is 2.79. The average Bonchev–Trinajstić information content (AvgIpc) is 2.47. The normalized spacial score (nSPS) is 14.4. The Bertz CT molecular complexity index is 702. The van der Waals surface area contributed by atoms with E-state index in [4.69, 9.17) is 0 Å². The van der Waals surface area contributed by atoms with Gasteiger partial charge in [0.25, 0.3) is 0 Å². The summed E-state index contributed by atoms with van der Waals surface area (Å²) < 4.78 is 0. The summed E-state index contributed by atoms with van der Waals surface area (Å²) in [6.07, 6.45) is 0. The molecule has 1 aliphatic carbocycles. The Hall–Kier alpha value is -2.43. The van der Waals surface area contributed by atoms with Crippen molar-refractivity contribution < 1.29 is 14.4 Å². The average molecular weight is 314 g/mol. The second-order valence-corrected chi connectivity index (χ2v) is 6.21. The molecule has 0 aromatic heterocycles. The molecular formula is C18H22N2O3. The van der Waals surface area contributed by atoms with Crippen molar-refractivity contribution in [3.63, 3.8) is 0 Å². The number of rotatable bonds is 4. The molecule has 0 saturated carbocycles. The summed E-state index contributed by atoms with van der Waals surface area (Å²) in [7, 11) is 0. The summed E-state index contributed by atoms with van der Waals surface area (Å²) in [5.74, 6) is -0.818. The largest absolute Gasteiger partial charge is 0.378 e. The van der Waals surface area contributed by atoms with Crippen molar-refractivity contribution in [1.29, 1.82) is 0 Å². The van der Waals surface area contributed by atoms with Crippen LogP contribution in [-0.4, -0.2) is 34.5 Å². The number of fused-ring (bicyclic) bond motifs is 1. The monoisotopic (exact) mass is 314 g/mol. The lowest BCUT2D eigenvalue weighted by Gasteiger charge is -2.32. The maximum Gasteiger partial charge on any atom is 0.224 e. The van der Waals surface area contributed by atoms with Gasteiger partial charge in [-0.15, -0.1) is 0 Å². The number of hydrogen-bond donors (Lipinski definition) is 1. The smallest absolute Gasteiger partial charge is 0.224 e. The van der Waals surface area contributed by atoms with Crippen LogP contribution in [0.2, 0.25) is 0 Å². The van der Waals surface area contributed by atoms with Crippen molar-refractivity contribution in [3.8, 4) is 0 Å². The van der Waals surface area contributed by atoms with Crippen LogP contribution >= 0.6 is 0 Å². The first-order valence-corrected chi connectivity index (χ1v) is 7.74. The number of allylic oxidation sites excluding steroid dienone is 2. The van der Waals surface area contributed by atoms with Crippen molar-refractivity contribution in [2.45, 2.75) is 46.7 Å². The van der Waals surface area contributed by atoms with E-state index in [2.05, 4.69) is 5.32 Å². The van der Waals surface area contributed by atoms with Crippen LogP contribution in [-0.2, 0) is 4.79 Å². The number of benzene rings is 1. The molecule has 0 bridgehead atoms. The highest BCUT2D eigenvalue weighted by Crippen LogP contribution is 2.28. The molecular weight excluding hydrogens is 292 g/mol. The third kappa shape index (κ3) is 3.04. The zero-order valence-electron chi connectivity index (χ0n) is 14.1. The summed E-state index contributed by atoms with van der Waals surface area (Å²) in [4.78, 5) is 39.3. The quantitative estimate of drug-likeness (QED) is 0.927. The Labute approximate surface area is 136 Å². The minimum absolute atomic E-state index is 0.0389. The molecule has 0 atom stereocenters. The van der Waals surface area contributed by atoms with E-state index in [1.807, 2.05) is 27.7 Å². The van der Waals surface area contributed by atoms with Gasteiger partial charge in [0.15, 0.2) is 0 Å². The Kier molecular flexibility index (Phi) is 4.68. The minimum atomic E-state index is -0.299. The van der Waals surface area contributed by atoms with Crippen LogP contribution in [0.25, 0.3) is 0 Å². The van der Waals surface area contributed by atoms with Gasteiger partial charge in [0.2, 0.25) is 17.5 Å². The third-order valence-corrected chi connectivity index (χ3v) is 3.62. The molecule has 23 heavy (non-hydrogen) atoms. The zero-order chi connectivity index (χ0) is 17.3. The van der Waals surface area contributed by atoms with Gasteiger partial charge >= 0.3 is 0 Å². The standard InChI is InChI=1S/C18H22N2O3/c1-10(2)19-15-16(20(11(3)4)12(5)21)18(23)14-9-7-6-8-13(14)17(15)22/h6-11,19H,1-5H3. The highest BCUT2D eigenvalue weighted by atomic mass is 16.2. The molecule has 0 aliphatic heterocycles. The SMILES string of the molecule is CC(=O)N(C1=C(NC(C)C)C(=O)c2ccccc2C1=O)C(C)C. The van der Waals surface area contributed by atoms with E-state index in [1.54, 1.807) is 24.3 Å². The molecule has 1 N–H and O–H groups in total. The van der Waals surface area contributed by atoms with Crippen LogP contribution in [0.4, 0.5) is 0 Å². The fraction of sp³-hybridized carbons (Fsp3) is 0.389. The molecule has 122 valence electrons. The lowest BCUT2D eigenvalue weighted by molar-refractivity contribution is -0.128. The number of Topliss-reactive ketones (excluding diaryl/α,β-unsaturated/α-hetero) is 2. The number of nitrogens with zero attached hydrogens (tertiary/aromatic N) is 1. The van der Waals surface area contributed by atoms with Gasteiger partial charge in [-0.1, -0.05) is 24.3 Å². The van der Waals surface area contributed by atoms with Crippen molar-refractivity contribution in [2.75, 3.05) is 0 Å². The predicted octanol–water partition coefficient (Wildman–Crippen LogP) is 2.53. The number of hydrogen-bond acceptors (Lipinski definition) is 4. The van der Waals surface area contributed by atoms with Gasteiger partial charge in [-0.3, -0.25) is 14.4 Å². The minimum Gasteiger partial charge on any atom is -0.378 e. The van der Waals surface area contributed by atoms with Crippen molar-refractivity contribution in [1.82, 2.24) is 10.2 Å². The molecule has 5 heteroatoms. The van der Waals surface area contributed by atoms with Crippen LogP contribution in [0, 0.1) is 0 Å². The Balaban J connectivity index is 2.71. The summed E-state index contributed by atoms with van der Waals surface area (Å²) in [5, 5.41) is 3.06. The molecule has 5 nitrogen and oxygen atoms in total. The first-order chi connectivity index (χ1) is 10.8. The van der Waals surface area contributed by atoms with E-state index in [1.165, 1.54) is 11.8 Å². The molecule has 0 saturated heterocycles. The molecule has 0 spiro atoms. The fourth-order valence-electron chi connectivity index (χ4n) is 2.79. The molecule has 1 aromatic carbocycles. The van der Waals surface area contributed by atoms with Crippen LogP contribution in [0.1, 0.15) is 55.3 Å². The van der Waals surface area contributed by atoms with E-state index >= 15 is 0 Å². The zero-order valence-corrected chi connectivity index (χ0v) is 14.1. The molecule has 1 aromatic rings. The molecule has 0 radical (unpaired) electrons. The second kappa shape index (κ2) is 6.36. The van der Waals surface area contributed by atoms with E-state index in [0.717, 1.165) is 0 Å². The van der Waals surface area contributed by atoms with Gasteiger partial charge in [-0.25, -0.2) is 0 Å². The second-order valence-electron chi connectivity index (χ2n) is 6.21. The van der Waals surface area contributed by atoms with Crippen molar-refractivity contribution >= 4 is 17.5 Å². The first kappa shape index (κ1) is 16.9. The summed E-state index contributed by atoms with van der Waals surface area (Å²) in [5.41, 5.74) is 1.06. The molecule has 0 unspecified atom stereocenters. The van der Waals surface area contributed by atoms with E-state index in [-0.39, 0.29) is 41.0 Å². The maximum atomic E-state index is 13.0. The highest BCUT2D eigenvalue weighted by Gasteiger charge is 2.37. The van der Waals surface area contributed by atoms with Crippen LogP contribution in [0.5, 0.6) is 0 Å². The van der Waals surface area contributed by atoms with Crippen LogP contribution < -0.4 is 5.32 Å². The van der Waals surface area contributed by atoms with Gasteiger partial charge in [0.1, 0.15) is 11.4 Å². The summed E-state index contributed by atoms with van der Waals surface area (Å²) >= 11 is 0. The third-order valence-electron chi connectivity index (χ3n) is 3.62. The van der Waals surface area contributed by atoms with Crippen LogP contribution in [0.3, 0.4) is 0 Å². The van der Waals surface area contributed by atoms with Crippen molar-refractivity contribution in [3.05, 3.63) is 46.8 Å². The Morgan fingerprint density at radius 3 is 1.96 bits per heavy atom. The Morgan fingerprint density at radius 1 is 1.00 bits per heavy atom. The van der Waals surface area contributed by atoms with Gasteiger partial charge in [-0.05, 0) is 27.7 Å². The number of carbonyl (C=O) groups is 3. The molecule has 0 fully saturated rings. The lowest BCUT2D eigenvalue weighted by atomic mass is 9.89. The molecule has 0 heterocycles. The number of amides is 1. The topological polar surface area (TPSA) is 66.5 Å². The summed E-state index contributed by atoms with van der Waals surface area (Å²) in [6.45, 7) is 8.81. The predicted molar refractivity (Wildman–Crippen MR) is 88.1 cm³/mol. The summed E-state index contributed by atoms with van der Waals surface area (Å²) in [6, 6.07) is 6.45. The molecule has 1 aliphatic rings. The van der Waals surface area contributed by atoms with Crippen LogP contribution in [0.15, 0.2) is 35.7 Å². The Morgan fingerprint density at radius 2 is 1.52 bits per heavy atom. The van der Waals surface area contributed by atoms with Crippen molar-refractivity contribution in [2.24, 2.45) is 0 Å².